The molecule has 1 atom stereocenters. The molecule has 0 radical (unpaired) electrons. The number of nitrogens with one attached hydrogen (secondary N) is 1. The van der Waals surface area contributed by atoms with Crippen LogP contribution in [0.2, 0.25) is 10.0 Å². The Labute approximate surface area is 180 Å². The number of carbonyl (C=O) groups excluding carboxylic acids is 1. The first-order valence-corrected chi connectivity index (χ1v) is 11.5. The standard InChI is InChI=1S/C20H22Cl2N2O4S/c1-2-28-15-8-10-16(11-9-15)29(26,27)24-12-4-5-14(13-24)20(25)23-18-7-3-6-17(21)19(18)22/h3,6-11,14H,2,4-5,12-13H2,1H3,(H,23,25)/t14-/m0/s1. The van der Waals surface area contributed by atoms with E-state index in [4.69, 9.17) is 27.9 Å². The average molecular weight is 457 g/mol. The molecule has 1 saturated heterocycles. The summed E-state index contributed by atoms with van der Waals surface area (Å²) >= 11 is 12.1. The topological polar surface area (TPSA) is 75.7 Å². The van der Waals surface area contributed by atoms with E-state index in [9.17, 15) is 13.2 Å². The molecule has 0 spiro atoms. The number of ether oxygens (including phenoxy) is 1. The second kappa shape index (κ2) is 9.34. The average Bonchev–Trinajstić information content (AvgIpc) is 2.72. The molecule has 1 fully saturated rings. The van der Waals surface area contributed by atoms with E-state index < -0.39 is 15.9 Å². The molecule has 1 aliphatic rings. The van der Waals surface area contributed by atoms with Gasteiger partial charge in [0, 0.05) is 13.1 Å². The Kier molecular flexibility index (Phi) is 7.05. The highest BCUT2D eigenvalue weighted by Gasteiger charge is 2.33. The lowest BCUT2D eigenvalue weighted by atomic mass is 9.99. The number of benzene rings is 2. The Bertz CT molecular complexity index is 980. The van der Waals surface area contributed by atoms with E-state index in [1.54, 1.807) is 30.3 Å². The number of halogens is 2. The van der Waals surface area contributed by atoms with Gasteiger partial charge in [-0.2, -0.15) is 4.31 Å². The molecule has 2 aromatic carbocycles. The number of anilines is 1. The van der Waals surface area contributed by atoms with E-state index in [0.29, 0.717) is 42.5 Å². The summed E-state index contributed by atoms with van der Waals surface area (Å²) in [6.07, 6.45) is 1.19. The molecular formula is C20H22Cl2N2O4S. The summed E-state index contributed by atoms with van der Waals surface area (Å²) in [5.74, 6) is -0.141. The number of amides is 1. The second-order valence-electron chi connectivity index (χ2n) is 6.70. The number of nitrogens with zero attached hydrogens (tertiary/aromatic N) is 1. The van der Waals surface area contributed by atoms with Crippen LogP contribution in [0.4, 0.5) is 5.69 Å². The van der Waals surface area contributed by atoms with Crippen molar-refractivity contribution in [3.05, 3.63) is 52.5 Å². The predicted octanol–water partition coefficient (Wildman–Crippen LogP) is 4.43. The van der Waals surface area contributed by atoms with E-state index in [-0.39, 0.29) is 22.4 Å². The quantitative estimate of drug-likeness (QED) is 0.697. The van der Waals surface area contributed by atoms with Crippen LogP contribution in [-0.2, 0) is 14.8 Å². The van der Waals surface area contributed by atoms with Gasteiger partial charge >= 0.3 is 0 Å². The molecule has 1 N–H and O–H groups in total. The van der Waals surface area contributed by atoms with Gasteiger partial charge in [-0.3, -0.25) is 4.79 Å². The van der Waals surface area contributed by atoms with Crippen LogP contribution in [-0.4, -0.2) is 38.3 Å². The maximum Gasteiger partial charge on any atom is 0.243 e. The first-order chi connectivity index (χ1) is 13.8. The van der Waals surface area contributed by atoms with Crippen molar-refractivity contribution in [1.82, 2.24) is 4.31 Å². The van der Waals surface area contributed by atoms with Crippen molar-refractivity contribution in [2.45, 2.75) is 24.7 Å². The van der Waals surface area contributed by atoms with Gasteiger partial charge in [0.2, 0.25) is 15.9 Å². The van der Waals surface area contributed by atoms with E-state index in [1.165, 1.54) is 16.4 Å². The van der Waals surface area contributed by atoms with Crippen molar-refractivity contribution in [3.63, 3.8) is 0 Å². The van der Waals surface area contributed by atoms with E-state index in [0.717, 1.165) is 0 Å². The van der Waals surface area contributed by atoms with E-state index in [1.807, 2.05) is 6.92 Å². The lowest BCUT2D eigenvalue weighted by molar-refractivity contribution is -0.120. The third-order valence-electron chi connectivity index (χ3n) is 4.74. The minimum absolute atomic E-state index is 0.111. The molecule has 0 unspecified atom stereocenters. The first kappa shape index (κ1) is 21.9. The summed E-state index contributed by atoms with van der Waals surface area (Å²) in [6.45, 7) is 2.85. The van der Waals surface area contributed by atoms with Crippen LogP contribution in [0.1, 0.15) is 19.8 Å². The summed E-state index contributed by atoms with van der Waals surface area (Å²) in [4.78, 5) is 12.9. The molecule has 3 rings (SSSR count). The zero-order valence-electron chi connectivity index (χ0n) is 15.9. The number of carbonyl (C=O) groups is 1. The molecule has 6 nitrogen and oxygen atoms in total. The Hall–Kier alpha value is -1.80. The normalized spacial score (nSPS) is 17.7. The third kappa shape index (κ3) is 5.04. The van der Waals surface area contributed by atoms with Crippen molar-refractivity contribution in [1.29, 1.82) is 0 Å². The SMILES string of the molecule is CCOc1ccc(S(=O)(=O)N2CCC[C@H](C(=O)Nc3cccc(Cl)c3Cl)C2)cc1. The smallest absolute Gasteiger partial charge is 0.243 e. The van der Waals surface area contributed by atoms with Crippen molar-refractivity contribution < 1.29 is 17.9 Å². The fourth-order valence-electron chi connectivity index (χ4n) is 3.23. The summed E-state index contributed by atoms with van der Waals surface area (Å²) in [5, 5.41) is 3.36. The van der Waals surface area contributed by atoms with Crippen LogP contribution in [0.15, 0.2) is 47.4 Å². The van der Waals surface area contributed by atoms with E-state index >= 15 is 0 Å². The molecule has 156 valence electrons. The van der Waals surface area contributed by atoms with Crippen LogP contribution < -0.4 is 10.1 Å². The highest BCUT2D eigenvalue weighted by Crippen LogP contribution is 2.31. The van der Waals surface area contributed by atoms with Crippen molar-refractivity contribution in [3.8, 4) is 5.75 Å². The highest BCUT2D eigenvalue weighted by molar-refractivity contribution is 7.89. The van der Waals surface area contributed by atoms with Gasteiger partial charge in [-0.1, -0.05) is 29.3 Å². The molecule has 1 amide bonds. The maximum atomic E-state index is 13.0. The summed E-state index contributed by atoms with van der Waals surface area (Å²) < 4.78 is 32.7. The van der Waals surface area contributed by atoms with Gasteiger partial charge < -0.3 is 10.1 Å². The van der Waals surface area contributed by atoms with E-state index in [2.05, 4.69) is 5.32 Å². The minimum Gasteiger partial charge on any atom is -0.494 e. The molecular weight excluding hydrogens is 435 g/mol. The Balaban J connectivity index is 1.72. The Morgan fingerprint density at radius 2 is 1.93 bits per heavy atom. The summed E-state index contributed by atoms with van der Waals surface area (Å²) in [7, 11) is -3.70. The Morgan fingerprint density at radius 3 is 2.62 bits per heavy atom. The predicted molar refractivity (Wildman–Crippen MR) is 114 cm³/mol. The first-order valence-electron chi connectivity index (χ1n) is 9.31. The molecule has 0 bridgehead atoms. The third-order valence-corrected chi connectivity index (χ3v) is 7.44. The zero-order valence-corrected chi connectivity index (χ0v) is 18.2. The minimum atomic E-state index is -3.70. The maximum absolute atomic E-state index is 13.0. The van der Waals surface area contributed by atoms with Gasteiger partial charge in [0.05, 0.1) is 33.2 Å². The number of hydrogen-bond donors (Lipinski definition) is 1. The monoisotopic (exact) mass is 456 g/mol. The second-order valence-corrected chi connectivity index (χ2v) is 9.42. The van der Waals surface area contributed by atoms with Crippen LogP contribution in [0.5, 0.6) is 5.75 Å². The van der Waals surface area contributed by atoms with Crippen molar-refractivity contribution >= 4 is 44.8 Å². The summed E-state index contributed by atoms with van der Waals surface area (Å²) in [6, 6.07) is 11.3. The lowest BCUT2D eigenvalue weighted by Crippen LogP contribution is -2.43. The van der Waals surface area contributed by atoms with Gasteiger partial charge in [-0.25, -0.2) is 8.42 Å². The van der Waals surface area contributed by atoms with Crippen LogP contribution in [0.25, 0.3) is 0 Å². The number of rotatable bonds is 6. The molecule has 2 aromatic rings. The number of hydrogen-bond acceptors (Lipinski definition) is 4. The van der Waals surface area contributed by atoms with Crippen LogP contribution >= 0.6 is 23.2 Å². The van der Waals surface area contributed by atoms with Gasteiger partial charge in [0.15, 0.2) is 0 Å². The van der Waals surface area contributed by atoms with Crippen LogP contribution in [0.3, 0.4) is 0 Å². The number of piperidine rings is 1. The molecule has 1 aliphatic heterocycles. The lowest BCUT2D eigenvalue weighted by Gasteiger charge is -2.31. The zero-order chi connectivity index (χ0) is 21.0. The molecule has 29 heavy (non-hydrogen) atoms. The van der Waals surface area contributed by atoms with Gasteiger partial charge in [-0.05, 0) is 56.2 Å². The largest absolute Gasteiger partial charge is 0.494 e. The fraction of sp³-hybridized carbons (Fsp3) is 0.350. The molecule has 1 heterocycles. The van der Waals surface area contributed by atoms with Gasteiger partial charge in [0.25, 0.3) is 0 Å². The van der Waals surface area contributed by atoms with Crippen molar-refractivity contribution in [2.75, 3.05) is 25.0 Å². The van der Waals surface area contributed by atoms with Crippen LogP contribution in [0, 0.1) is 5.92 Å². The highest BCUT2D eigenvalue weighted by atomic mass is 35.5. The fourth-order valence-corrected chi connectivity index (χ4v) is 5.11. The van der Waals surface area contributed by atoms with Crippen molar-refractivity contribution in [2.24, 2.45) is 5.92 Å². The molecule has 0 saturated carbocycles. The summed E-state index contributed by atoms with van der Waals surface area (Å²) in [5.41, 5.74) is 0.413. The molecule has 9 heteroatoms. The number of sulfonamides is 1. The van der Waals surface area contributed by atoms with Gasteiger partial charge in [-0.15, -0.1) is 0 Å². The molecule has 0 aromatic heterocycles. The van der Waals surface area contributed by atoms with Gasteiger partial charge in [0.1, 0.15) is 5.75 Å². The Morgan fingerprint density at radius 1 is 1.21 bits per heavy atom. The molecule has 0 aliphatic carbocycles.